The van der Waals surface area contributed by atoms with Crippen LogP contribution in [0.25, 0.3) is 11.6 Å². The molecule has 0 aromatic heterocycles. The molecule has 0 saturated heterocycles. The first-order chi connectivity index (χ1) is 9.94. The van der Waals surface area contributed by atoms with E-state index < -0.39 is 8.07 Å². The van der Waals surface area contributed by atoms with Crippen LogP contribution in [0.4, 0.5) is 4.39 Å². The summed E-state index contributed by atoms with van der Waals surface area (Å²) in [7, 11) is -1.08. The van der Waals surface area contributed by atoms with Crippen LogP contribution in [-0.4, -0.2) is 8.07 Å². The molecule has 0 aliphatic carbocycles. The zero-order valence-electron chi connectivity index (χ0n) is 13.1. The first-order valence-corrected chi connectivity index (χ1v) is 11.2. The van der Waals surface area contributed by atoms with Gasteiger partial charge in [0.2, 0.25) is 0 Å². The van der Waals surface area contributed by atoms with Gasteiger partial charge in [0.25, 0.3) is 0 Å². The van der Waals surface area contributed by atoms with Crippen LogP contribution in [-0.2, 0) is 0 Å². The number of rotatable bonds is 5. The lowest BCUT2D eigenvalue weighted by Crippen LogP contribution is -2.18. The van der Waals surface area contributed by atoms with E-state index in [1.165, 1.54) is 29.3 Å². The van der Waals surface area contributed by atoms with E-state index in [0.717, 1.165) is 12.0 Å². The molecule has 2 rings (SSSR count). The highest BCUT2D eigenvalue weighted by Crippen LogP contribution is 2.26. The maximum absolute atomic E-state index is 13.0. The molecule has 2 aromatic carbocycles. The van der Waals surface area contributed by atoms with E-state index in [4.69, 9.17) is 0 Å². The van der Waals surface area contributed by atoms with E-state index in [2.05, 4.69) is 50.0 Å². The average Bonchev–Trinajstić information content (AvgIpc) is 2.45. The molecule has 0 N–H and O–H groups in total. The van der Waals surface area contributed by atoms with E-state index in [1.54, 1.807) is 0 Å². The molecule has 2 aromatic rings. The number of hydrogen-bond donors (Lipinski definition) is 0. The number of benzene rings is 2. The van der Waals surface area contributed by atoms with E-state index in [0.29, 0.717) is 0 Å². The SMILES string of the molecule is C[Si](C)(C)CC/C(=C\c1ccc(F)cc1)c1ccccc1. The minimum Gasteiger partial charge on any atom is -0.207 e. The zero-order valence-corrected chi connectivity index (χ0v) is 14.1. The molecule has 0 unspecified atom stereocenters. The summed E-state index contributed by atoms with van der Waals surface area (Å²) in [5.74, 6) is -0.185. The van der Waals surface area contributed by atoms with Crippen molar-refractivity contribution in [1.29, 1.82) is 0 Å². The Morgan fingerprint density at radius 1 is 0.952 bits per heavy atom. The van der Waals surface area contributed by atoms with E-state index in [9.17, 15) is 4.39 Å². The van der Waals surface area contributed by atoms with Crippen molar-refractivity contribution in [2.75, 3.05) is 0 Å². The van der Waals surface area contributed by atoms with Crippen LogP contribution < -0.4 is 0 Å². The fourth-order valence-electron chi connectivity index (χ4n) is 2.22. The van der Waals surface area contributed by atoms with Gasteiger partial charge in [0.05, 0.1) is 0 Å². The van der Waals surface area contributed by atoms with Gasteiger partial charge in [0, 0.05) is 8.07 Å². The lowest BCUT2D eigenvalue weighted by molar-refractivity contribution is 0.628. The van der Waals surface area contributed by atoms with E-state index >= 15 is 0 Å². The second-order valence-corrected chi connectivity index (χ2v) is 12.3. The fraction of sp³-hybridized carbons (Fsp3) is 0.263. The first kappa shape index (κ1) is 15.7. The second-order valence-electron chi connectivity index (χ2n) is 6.65. The van der Waals surface area contributed by atoms with Crippen molar-refractivity contribution in [3.8, 4) is 0 Å². The topological polar surface area (TPSA) is 0 Å². The normalized spacial score (nSPS) is 12.5. The molecule has 0 radical (unpaired) electrons. The van der Waals surface area contributed by atoms with Gasteiger partial charge in [-0.05, 0) is 35.3 Å². The van der Waals surface area contributed by atoms with Crippen molar-refractivity contribution in [1.82, 2.24) is 0 Å². The molecule has 0 fully saturated rings. The summed E-state index contributed by atoms with van der Waals surface area (Å²) < 4.78 is 13.0. The van der Waals surface area contributed by atoms with Gasteiger partial charge in [0.15, 0.2) is 0 Å². The number of allylic oxidation sites excluding steroid dienone is 1. The average molecular weight is 298 g/mol. The highest BCUT2D eigenvalue weighted by molar-refractivity contribution is 6.76. The van der Waals surface area contributed by atoms with Gasteiger partial charge in [-0.3, -0.25) is 0 Å². The Bertz CT molecular complexity index is 592. The Hall–Kier alpha value is -1.67. The van der Waals surface area contributed by atoms with Gasteiger partial charge in [0.1, 0.15) is 5.82 Å². The summed E-state index contributed by atoms with van der Waals surface area (Å²) in [6, 6.07) is 18.5. The molecule has 0 amide bonds. The van der Waals surface area contributed by atoms with Crippen molar-refractivity contribution in [2.45, 2.75) is 32.1 Å². The lowest BCUT2D eigenvalue weighted by atomic mass is 10.0. The molecule has 0 atom stereocenters. The Balaban J connectivity index is 2.29. The maximum atomic E-state index is 13.0. The Labute approximate surface area is 128 Å². The second kappa shape index (κ2) is 6.86. The van der Waals surface area contributed by atoms with Crippen LogP contribution in [0.3, 0.4) is 0 Å². The largest absolute Gasteiger partial charge is 0.207 e. The summed E-state index contributed by atoms with van der Waals surface area (Å²) in [6.07, 6.45) is 3.27. The van der Waals surface area contributed by atoms with Crippen LogP contribution >= 0.6 is 0 Å². The Morgan fingerprint density at radius 3 is 2.14 bits per heavy atom. The quantitative estimate of drug-likeness (QED) is 0.462. The smallest absolute Gasteiger partial charge is 0.123 e. The summed E-state index contributed by atoms with van der Waals surface area (Å²) in [4.78, 5) is 0. The molecule has 0 aliphatic rings. The van der Waals surface area contributed by atoms with Gasteiger partial charge in [-0.2, -0.15) is 0 Å². The molecule has 0 heterocycles. The third-order valence-electron chi connectivity index (χ3n) is 3.50. The van der Waals surface area contributed by atoms with Crippen molar-refractivity contribution in [3.05, 3.63) is 71.5 Å². The van der Waals surface area contributed by atoms with Crippen molar-refractivity contribution in [3.63, 3.8) is 0 Å². The summed E-state index contributed by atoms with van der Waals surface area (Å²) in [5, 5.41) is 0. The summed E-state index contributed by atoms with van der Waals surface area (Å²) in [6.45, 7) is 7.19. The Morgan fingerprint density at radius 2 is 1.57 bits per heavy atom. The third kappa shape index (κ3) is 5.31. The lowest BCUT2D eigenvalue weighted by Gasteiger charge is -2.17. The fourth-order valence-corrected chi connectivity index (χ4v) is 3.24. The molecular weight excluding hydrogens is 275 g/mol. The summed E-state index contributed by atoms with van der Waals surface area (Å²) in [5.41, 5.74) is 3.66. The highest BCUT2D eigenvalue weighted by atomic mass is 28.3. The molecule has 0 spiro atoms. The van der Waals surface area contributed by atoms with Gasteiger partial charge < -0.3 is 0 Å². The first-order valence-electron chi connectivity index (χ1n) is 7.46. The van der Waals surface area contributed by atoms with Crippen LogP contribution in [0.2, 0.25) is 25.7 Å². The van der Waals surface area contributed by atoms with Gasteiger partial charge in [-0.15, -0.1) is 0 Å². The monoisotopic (exact) mass is 298 g/mol. The molecule has 0 saturated carbocycles. The molecule has 0 nitrogen and oxygen atoms in total. The van der Waals surface area contributed by atoms with Crippen molar-refractivity contribution >= 4 is 19.7 Å². The molecule has 110 valence electrons. The zero-order chi connectivity index (χ0) is 15.3. The minimum atomic E-state index is -1.08. The van der Waals surface area contributed by atoms with E-state index in [-0.39, 0.29) is 5.82 Å². The highest BCUT2D eigenvalue weighted by Gasteiger charge is 2.14. The molecule has 0 aliphatic heterocycles. The third-order valence-corrected chi connectivity index (χ3v) is 5.25. The van der Waals surface area contributed by atoms with Gasteiger partial charge >= 0.3 is 0 Å². The standard InChI is InChI=1S/C19H23FSi/c1-21(2,3)14-13-18(17-7-5-4-6-8-17)15-16-9-11-19(20)12-10-16/h4-12,15H,13-14H2,1-3H3/b18-15+. The Kier molecular flexibility index (Phi) is 5.13. The van der Waals surface area contributed by atoms with Gasteiger partial charge in [-0.1, -0.05) is 74.2 Å². The van der Waals surface area contributed by atoms with Crippen LogP contribution in [0, 0.1) is 5.82 Å². The van der Waals surface area contributed by atoms with Gasteiger partial charge in [-0.25, -0.2) is 4.39 Å². The van der Waals surface area contributed by atoms with Crippen LogP contribution in [0.15, 0.2) is 54.6 Å². The predicted octanol–water partition coefficient (Wildman–Crippen LogP) is 6.09. The minimum absolute atomic E-state index is 0.185. The molecule has 21 heavy (non-hydrogen) atoms. The maximum Gasteiger partial charge on any atom is 0.123 e. The van der Waals surface area contributed by atoms with Crippen molar-refractivity contribution in [2.24, 2.45) is 0 Å². The van der Waals surface area contributed by atoms with E-state index in [1.807, 2.05) is 18.2 Å². The predicted molar refractivity (Wildman–Crippen MR) is 93.5 cm³/mol. The summed E-state index contributed by atoms with van der Waals surface area (Å²) >= 11 is 0. The van der Waals surface area contributed by atoms with Crippen LogP contribution in [0.1, 0.15) is 17.5 Å². The molecule has 0 bridgehead atoms. The van der Waals surface area contributed by atoms with Crippen molar-refractivity contribution < 1.29 is 4.39 Å². The van der Waals surface area contributed by atoms with Crippen LogP contribution in [0.5, 0.6) is 0 Å². The molecule has 2 heteroatoms. The number of halogens is 1. The molecular formula is C19H23FSi. The number of hydrogen-bond acceptors (Lipinski definition) is 0.